The highest BCUT2D eigenvalue weighted by Crippen LogP contribution is 2.37. The SMILES string of the molecule is CN[C@@H](C)C(=O)N[C@H](C(=O)N1CCC[C@H]1C(=O)N[C@H]1c2ccccc2C[C@H]1OCCOCCO[C@@H]1Cc2ccccc2[C@@H]1NC(=O)[C@@H]1CCCN1C(=O)[C@@H](NC(=O)[C@H](C)NC)C1CCCCC1)C1CCCCC1. The van der Waals surface area contributed by atoms with Crippen molar-refractivity contribution in [3.05, 3.63) is 70.8 Å². The third-order valence-electron chi connectivity index (χ3n) is 16.8. The van der Waals surface area contributed by atoms with Gasteiger partial charge in [-0.25, -0.2) is 0 Å². The number of amides is 6. The first-order chi connectivity index (χ1) is 35.5. The number of benzene rings is 2. The van der Waals surface area contributed by atoms with Crippen LogP contribution >= 0.6 is 0 Å². The topological polar surface area (TPSA) is 209 Å². The van der Waals surface area contributed by atoms with Crippen LogP contribution in [0.2, 0.25) is 0 Å². The van der Waals surface area contributed by atoms with E-state index >= 15 is 0 Å². The number of carbonyl (C=O) groups excluding carboxylic acids is 6. The van der Waals surface area contributed by atoms with E-state index in [1.807, 2.05) is 36.4 Å². The summed E-state index contributed by atoms with van der Waals surface area (Å²) in [6.45, 7) is 5.66. The zero-order valence-electron chi connectivity index (χ0n) is 43.7. The van der Waals surface area contributed by atoms with Crippen LogP contribution in [0.1, 0.15) is 138 Å². The van der Waals surface area contributed by atoms with Gasteiger partial charge in [0.25, 0.3) is 0 Å². The average Bonchev–Trinajstić information content (AvgIpc) is 4.25. The van der Waals surface area contributed by atoms with Crippen molar-refractivity contribution in [2.24, 2.45) is 11.8 Å². The lowest BCUT2D eigenvalue weighted by Crippen LogP contribution is -2.58. The van der Waals surface area contributed by atoms with Gasteiger partial charge in [-0.15, -0.1) is 0 Å². The highest BCUT2D eigenvalue weighted by atomic mass is 16.5. The summed E-state index contributed by atoms with van der Waals surface area (Å²) in [6, 6.07) is 11.7. The summed E-state index contributed by atoms with van der Waals surface area (Å²) in [5, 5.41) is 18.7. The number of likely N-dealkylation sites (tertiary alicyclic amines) is 2. The second-order valence-electron chi connectivity index (χ2n) is 21.4. The molecule has 73 heavy (non-hydrogen) atoms. The molecule has 0 radical (unpaired) electrons. The Morgan fingerprint density at radius 1 is 0.534 bits per heavy atom. The summed E-state index contributed by atoms with van der Waals surface area (Å²) in [6.07, 6.45) is 12.8. The quantitative estimate of drug-likeness (QED) is 0.0932. The molecular formula is C56H82N8O9. The Labute approximate surface area is 432 Å². The first-order valence-electron chi connectivity index (χ1n) is 27.6. The standard InChI is InChI=1S/C56H82N8O9/c1-35(57-3)51(65)59-47(37-17-7-5-8-18-37)55(69)63-27-15-25-43(63)53(67)61-49-41-23-13-11-21-39(41)33-45(49)72-31-29-71-30-32-73-46-34-40-22-12-14-24-42(40)50(46)62-54(68)44-26-16-28-64(44)56(70)48(38-19-9-6-10-20-38)60-52(66)36(2)58-4/h11-14,21-24,35-38,43-50,57-58H,5-10,15-20,25-34H2,1-4H3,(H,59,65)(H,60,66)(H,61,67)(H,62,68)/t35-,36-,43-,44-,45+,46+,47-,48-,49-,50-/m0/s1. The highest BCUT2D eigenvalue weighted by Gasteiger charge is 2.45. The number of hydrogen-bond acceptors (Lipinski definition) is 11. The predicted molar refractivity (Wildman–Crippen MR) is 276 cm³/mol. The van der Waals surface area contributed by atoms with Crippen LogP contribution in [0, 0.1) is 11.8 Å². The van der Waals surface area contributed by atoms with Crippen molar-refractivity contribution in [1.82, 2.24) is 41.7 Å². The fourth-order valence-corrected chi connectivity index (χ4v) is 12.4. The van der Waals surface area contributed by atoms with Crippen molar-refractivity contribution in [2.45, 2.75) is 177 Å². The van der Waals surface area contributed by atoms with E-state index in [2.05, 4.69) is 44.0 Å². The number of ether oxygens (including phenoxy) is 3. The molecule has 4 fully saturated rings. The van der Waals surface area contributed by atoms with Gasteiger partial charge in [0, 0.05) is 25.9 Å². The summed E-state index contributed by atoms with van der Waals surface area (Å²) >= 11 is 0. The van der Waals surface area contributed by atoms with Gasteiger partial charge in [-0.2, -0.15) is 0 Å². The minimum absolute atomic E-state index is 0.0320. The third-order valence-corrected chi connectivity index (χ3v) is 16.8. The molecule has 2 aromatic carbocycles. The van der Waals surface area contributed by atoms with E-state index in [-0.39, 0.29) is 72.7 Å². The lowest BCUT2D eigenvalue weighted by Gasteiger charge is -2.35. The number of nitrogens with one attached hydrogen (secondary N) is 6. The van der Waals surface area contributed by atoms with Crippen LogP contribution < -0.4 is 31.9 Å². The maximum absolute atomic E-state index is 14.4. The van der Waals surface area contributed by atoms with E-state index in [0.717, 1.165) is 86.5 Å². The Kier molecular flexibility index (Phi) is 19.4. The predicted octanol–water partition coefficient (Wildman–Crippen LogP) is 3.93. The van der Waals surface area contributed by atoms with Gasteiger partial charge >= 0.3 is 0 Å². The van der Waals surface area contributed by atoms with Crippen LogP contribution in [0.25, 0.3) is 0 Å². The van der Waals surface area contributed by atoms with Crippen LogP contribution in [0.5, 0.6) is 0 Å². The Balaban J connectivity index is 0.829. The van der Waals surface area contributed by atoms with Crippen molar-refractivity contribution < 1.29 is 43.0 Å². The second-order valence-corrected chi connectivity index (χ2v) is 21.4. The maximum Gasteiger partial charge on any atom is 0.246 e. The van der Waals surface area contributed by atoms with Crippen molar-refractivity contribution in [3.63, 3.8) is 0 Å². The number of rotatable bonds is 22. The molecule has 4 aliphatic carbocycles. The lowest BCUT2D eigenvalue weighted by atomic mass is 9.83. The van der Waals surface area contributed by atoms with Gasteiger partial charge in [0.1, 0.15) is 24.2 Å². The molecular weight excluding hydrogens is 929 g/mol. The number of likely N-dealkylation sites (N-methyl/N-ethyl adjacent to an activating group) is 2. The van der Waals surface area contributed by atoms with Crippen LogP contribution in [-0.2, 0) is 55.8 Å². The number of fused-ring (bicyclic) bond motifs is 2. The molecule has 2 heterocycles. The lowest BCUT2D eigenvalue weighted by molar-refractivity contribution is -0.143. The second kappa shape index (κ2) is 26.0. The Morgan fingerprint density at radius 3 is 1.33 bits per heavy atom. The van der Waals surface area contributed by atoms with Gasteiger partial charge in [0.15, 0.2) is 0 Å². The molecule has 0 spiro atoms. The molecule has 2 aliphatic heterocycles. The molecule has 10 atom stereocenters. The molecule has 6 N–H and O–H groups in total. The van der Waals surface area contributed by atoms with Crippen molar-refractivity contribution in [2.75, 3.05) is 53.6 Å². The summed E-state index contributed by atoms with van der Waals surface area (Å²) < 4.78 is 19.0. The molecule has 6 amide bonds. The molecule has 0 unspecified atom stereocenters. The first-order valence-corrected chi connectivity index (χ1v) is 27.6. The van der Waals surface area contributed by atoms with Crippen LogP contribution in [0.3, 0.4) is 0 Å². The first kappa shape index (κ1) is 54.3. The minimum Gasteiger partial charge on any atom is -0.377 e. The zero-order chi connectivity index (χ0) is 51.4. The highest BCUT2D eigenvalue weighted by molar-refractivity contribution is 5.95. The molecule has 8 rings (SSSR count). The molecule has 17 nitrogen and oxygen atoms in total. The van der Waals surface area contributed by atoms with E-state index < -0.39 is 48.3 Å². The Hall–Kier alpha value is -4.94. The van der Waals surface area contributed by atoms with Gasteiger partial charge in [-0.1, -0.05) is 87.1 Å². The van der Waals surface area contributed by atoms with Crippen LogP contribution in [0.15, 0.2) is 48.5 Å². The third kappa shape index (κ3) is 13.1. The molecule has 0 bridgehead atoms. The number of hydrogen-bond donors (Lipinski definition) is 6. The normalized spacial score (nSPS) is 25.8. The zero-order valence-corrected chi connectivity index (χ0v) is 43.7. The summed E-state index contributed by atoms with van der Waals surface area (Å²) in [5.41, 5.74) is 4.20. The minimum atomic E-state index is -0.673. The Morgan fingerprint density at radius 2 is 0.932 bits per heavy atom. The maximum atomic E-state index is 14.4. The summed E-state index contributed by atoms with van der Waals surface area (Å²) in [4.78, 5) is 86.8. The van der Waals surface area contributed by atoms with Crippen molar-refractivity contribution in [3.8, 4) is 0 Å². The average molecular weight is 1010 g/mol. The summed E-state index contributed by atoms with van der Waals surface area (Å²) in [7, 11) is 3.45. The van der Waals surface area contributed by atoms with E-state index in [4.69, 9.17) is 14.2 Å². The fourth-order valence-electron chi connectivity index (χ4n) is 12.4. The summed E-state index contributed by atoms with van der Waals surface area (Å²) in [5.74, 6) is -1.15. The molecule has 0 aromatic heterocycles. The van der Waals surface area contributed by atoms with Crippen molar-refractivity contribution >= 4 is 35.4 Å². The van der Waals surface area contributed by atoms with Gasteiger partial charge in [-0.3, -0.25) is 28.8 Å². The van der Waals surface area contributed by atoms with E-state index in [1.165, 1.54) is 0 Å². The number of carbonyl (C=O) groups is 6. The monoisotopic (exact) mass is 1010 g/mol. The molecule has 2 saturated carbocycles. The molecule has 400 valence electrons. The number of nitrogens with zero attached hydrogens (tertiary/aromatic N) is 2. The smallest absolute Gasteiger partial charge is 0.246 e. The molecule has 17 heteroatoms. The van der Waals surface area contributed by atoms with Gasteiger partial charge < -0.3 is 55.9 Å². The van der Waals surface area contributed by atoms with Crippen LogP contribution in [-0.4, -0.2) is 147 Å². The van der Waals surface area contributed by atoms with E-state index in [9.17, 15) is 28.8 Å². The van der Waals surface area contributed by atoms with E-state index in [0.29, 0.717) is 64.8 Å². The van der Waals surface area contributed by atoms with Crippen LogP contribution in [0.4, 0.5) is 0 Å². The van der Waals surface area contributed by atoms with Gasteiger partial charge in [0.2, 0.25) is 35.4 Å². The van der Waals surface area contributed by atoms with E-state index in [1.54, 1.807) is 37.7 Å². The molecule has 2 saturated heterocycles. The molecule has 6 aliphatic rings. The molecule has 2 aromatic rings. The van der Waals surface area contributed by atoms with Gasteiger partial charge in [-0.05, 0) is 113 Å². The van der Waals surface area contributed by atoms with Gasteiger partial charge in [0.05, 0.1) is 62.8 Å². The van der Waals surface area contributed by atoms with Crippen molar-refractivity contribution in [1.29, 1.82) is 0 Å². The Bertz CT molecular complexity index is 2070. The fraction of sp³-hybridized carbons (Fsp3) is 0.679. The largest absolute Gasteiger partial charge is 0.377 e.